The summed E-state index contributed by atoms with van der Waals surface area (Å²) in [6.45, 7) is 3.51. The van der Waals surface area contributed by atoms with E-state index in [1.54, 1.807) is 19.9 Å². The molecule has 0 aliphatic rings. The second kappa shape index (κ2) is 3.69. The van der Waals surface area contributed by atoms with Gasteiger partial charge in [0.25, 0.3) is 0 Å². The average molecular weight is 217 g/mol. The van der Waals surface area contributed by atoms with Gasteiger partial charge < -0.3 is 0 Å². The van der Waals surface area contributed by atoms with Crippen molar-refractivity contribution >= 4 is 28.4 Å². The van der Waals surface area contributed by atoms with Crippen molar-refractivity contribution < 1.29 is 4.79 Å². The van der Waals surface area contributed by atoms with Gasteiger partial charge in [0.2, 0.25) is 5.24 Å². The molecule has 3 heteroatoms. The molecule has 13 heavy (non-hydrogen) atoms. The quantitative estimate of drug-likeness (QED) is 0.694. The number of benzene rings is 1. The van der Waals surface area contributed by atoms with Crippen molar-refractivity contribution in [1.82, 2.24) is 0 Å². The maximum atomic E-state index is 11.1. The molecule has 0 heterocycles. The summed E-state index contributed by atoms with van der Waals surface area (Å²) in [5, 5.41) is 0.169. The molecule has 0 atom stereocenters. The Morgan fingerprint density at radius 3 is 2.31 bits per heavy atom. The van der Waals surface area contributed by atoms with Crippen LogP contribution < -0.4 is 0 Å². The molecule has 1 nitrogen and oxygen atoms in total. The molecule has 0 unspecified atom stereocenters. The fourth-order valence-corrected chi connectivity index (χ4v) is 1.55. The summed E-state index contributed by atoms with van der Waals surface area (Å²) in [6, 6.07) is 7.21. The molecule has 0 aromatic heterocycles. The Kier molecular flexibility index (Phi) is 2.99. The molecule has 70 valence electrons. The number of hydrogen-bond donors (Lipinski definition) is 0. The number of rotatable bonds is 2. The summed E-state index contributed by atoms with van der Waals surface area (Å²) in [5.41, 5.74) is 0.0385. The van der Waals surface area contributed by atoms with E-state index in [1.807, 2.05) is 18.2 Å². The fourth-order valence-electron chi connectivity index (χ4n) is 1.07. The van der Waals surface area contributed by atoms with Crippen LogP contribution in [0, 0.1) is 0 Å². The second-order valence-electron chi connectivity index (χ2n) is 3.38. The maximum Gasteiger partial charge on any atom is 0.231 e. The van der Waals surface area contributed by atoms with Crippen LogP contribution in [0.3, 0.4) is 0 Å². The van der Waals surface area contributed by atoms with Crippen LogP contribution in [-0.4, -0.2) is 5.24 Å². The Morgan fingerprint density at radius 2 is 1.85 bits per heavy atom. The van der Waals surface area contributed by atoms with Crippen LogP contribution in [0.5, 0.6) is 0 Å². The van der Waals surface area contributed by atoms with Crippen LogP contribution >= 0.6 is 23.2 Å². The third kappa shape index (κ3) is 2.04. The summed E-state index contributed by atoms with van der Waals surface area (Å²) in [7, 11) is 0. The van der Waals surface area contributed by atoms with E-state index in [2.05, 4.69) is 0 Å². The third-order valence-corrected chi connectivity index (χ3v) is 2.84. The van der Waals surface area contributed by atoms with Crippen molar-refractivity contribution in [3.05, 3.63) is 34.9 Å². The fraction of sp³-hybridized carbons (Fsp3) is 0.300. The molecule has 0 aliphatic heterocycles. The molecular weight excluding hydrogens is 207 g/mol. The first-order valence-electron chi connectivity index (χ1n) is 3.91. The van der Waals surface area contributed by atoms with Crippen LogP contribution in [0.2, 0.25) is 5.02 Å². The van der Waals surface area contributed by atoms with E-state index in [0.29, 0.717) is 5.02 Å². The summed E-state index contributed by atoms with van der Waals surface area (Å²) < 4.78 is 0. The summed E-state index contributed by atoms with van der Waals surface area (Å²) in [5.74, 6) is 0. The predicted molar refractivity (Wildman–Crippen MR) is 55.3 cm³/mol. The molecule has 0 radical (unpaired) electrons. The Bertz CT molecular complexity index is 331. The Hall–Kier alpha value is -0.530. The van der Waals surface area contributed by atoms with Gasteiger partial charge in [-0.1, -0.05) is 29.8 Å². The third-order valence-electron chi connectivity index (χ3n) is 2.04. The Labute approximate surface area is 87.7 Å². The van der Waals surface area contributed by atoms with Gasteiger partial charge in [-0.2, -0.15) is 0 Å². The highest BCUT2D eigenvalue weighted by Crippen LogP contribution is 2.31. The Morgan fingerprint density at radius 1 is 1.31 bits per heavy atom. The van der Waals surface area contributed by atoms with Crippen molar-refractivity contribution in [1.29, 1.82) is 0 Å². The van der Waals surface area contributed by atoms with E-state index in [9.17, 15) is 4.79 Å². The highest BCUT2D eigenvalue weighted by Gasteiger charge is 2.29. The van der Waals surface area contributed by atoms with Crippen LogP contribution in [-0.2, 0) is 10.2 Å². The Balaban J connectivity index is 3.22. The lowest BCUT2D eigenvalue weighted by atomic mass is 9.86. The summed E-state index contributed by atoms with van der Waals surface area (Å²) >= 11 is 11.4. The zero-order valence-corrected chi connectivity index (χ0v) is 8.99. The van der Waals surface area contributed by atoms with Crippen LogP contribution in [0.1, 0.15) is 19.4 Å². The molecule has 0 saturated carbocycles. The maximum absolute atomic E-state index is 11.1. The molecule has 1 aromatic carbocycles. The lowest BCUT2D eigenvalue weighted by Gasteiger charge is -2.21. The van der Waals surface area contributed by atoms with Crippen molar-refractivity contribution in [2.45, 2.75) is 19.3 Å². The van der Waals surface area contributed by atoms with E-state index in [4.69, 9.17) is 23.2 Å². The molecule has 0 saturated heterocycles. The van der Waals surface area contributed by atoms with Crippen molar-refractivity contribution in [2.75, 3.05) is 0 Å². The van der Waals surface area contributed by atoms with Crippen molar-refractivity contribution in [3.63, 3.8) is 0 Å². The van der Waals surface area contributed by atoms with Crippen molar-refractivity contribution in [3.8, 4) is 0 Å². The molecule has 0 aliphatic carbocycles. The molecule has 0 amide bonds. The minimum Gasteiger partial charge on any atom is -0.280 e. The highest BCUT2D eigenvalue weighted by molar-refractivity contribution is 6.65. The lowest BCUT2D eigenvalue weighted by molar-refractivity contribution is -0.115. The predicted octanol–water partition coefficient (Wildman–Crippen LogP) is 3.38. The standard InChI is InChI=1S/C10H10Cl2O/c1-10(2,9(12)13)7-5-3-4-6-8(7)11/h3-6H,1-2H3. The first kappa shape index (κ1) is 10.6. The zero-order valence-electron chi connectivity index (χ0n) is 7.47. The van der Waals surface area contributed by atoms with E-state index >= 15 is 0 Å². The minimum absolute atomic E-state index is 0.402. The van der Waals surface area contributed by atoms with Gasteiger partial charge in [0.1, 0.15) is 0 Å². The van der Waals surface area contributed by atoms with E-state index < -0.39 is 10.7 Å². The normalized spacial score (nSPS) is 11.4. The lowest BCUT2D eigenvalue weighted by Crippen LogP contribution is -2.25. The van der Waals surface area contributed by atoms with E-state index in [0.717, 1.165) is 5.56 Å². The first-order valence-corrected chi connectivity index (χ1v) is 4.67. The van der Waals surface area contributed by atoms with Crippen molar-refractivity contribution in [2.24, 2.45) is 0 Å². The second-order valence-corrected chi connectivity index (χ2v) is 4.13. The topological polar surface area (TPSA) is 17.1 Å². The van der Waals surface area contributed by atoms with Crippen LogP contribution in [0.25, 0.3) is 0 Å². The molecular formula is C10H10Cl2O. The smallest absolute Gasteiger partial charge is 0.231 e. The molecule has 0 spiro atoms. The number of carbonyl (C=O) groups excluding carboxylic acids is 1. The molecule has 0 N–H and O–H groups in total. The molecule has 0 bridgehead atoms. The van der Waals surface area contributed by atoms with Gasteiger partial charge in [0.15, 0.2) is 0 Å². The van der Waals surface area contributed by atoms with Gasteiger partial charge in [0.05, 0.1) is 5.41 Å². The summed E-state index contributed by atoms with van der Waals surface area (Å²) in [6.07, 6.45) is 0. The SMILES string of the molecule is CC(C)(C(=O)Cl)c1ccccc1Cl. The van der Waals surface area contributed by atoms with Gasteiger partial charge in [-0.25, -0.2) is 0 Å². The largest absolute Gasteiger partial charge is 0.280 e. The minimum atomic E-state index is -0.722. The van der Waals surface area contributed by atoms with Gasteiger partial charge >= 0.3 is 0 Å². The number of halogens is 2. The van der Waals surface area contributed by atoms with E-state index in [-0.39, 0.29) is 0 Å². The summed E-state index contributed by atoms with van der Waals surface area (Å²) in [4.78, 5) is 11.1. The van der Waals surface area contributed by atoms with Gasteiger partial charge in [-0.15, -0.1) is 0 Å². The number of carbonyl (C=O) groups is 1. The van der Waals surface area contributed by atoms with Gasteiger partial charge in [0, 0.05) is 5.02 Å². The van der Waals surface area contributed by atoms with Crippen LogP contribution in [0.4, 0.5) is 0 Å². The van der Waals surface area contributed by atoms with Crippen LogP contribution in [0.15, 0.2) is 24.3 Å². The number of hydrogen-bond acceptors (Lipinski definition) is 1. The highest BCUT2D eigenvalue weighted by atomic mass is 35.5. The monoisotopic (exact) mass is 216 g/mol. The van der Waals surface area contributed by atoms with Gasteiger partial charge in [-0.05, 0) is 37.1 Å². The van der Waals surface area contributed by atoms with E-state index in [1.165, 1.54) is 0 Å². The average Bonchev–Trinajstić information content (AvgIpc) is 2.04. The first-order chi connectivity index (χ1) is 5.96. The molecule has 0 fully saturated rings. The molecule has 1 aromatic rings. The molecule has 1 rings (SSSR count). The zero-order chi connectivity index (χ0) is 10.1. The van der Waals surface area contributed by atoms with Gasteiger partial charge in [-0.3, -0.25) is 4.79 Å².